The smallest absolute Gasteiger partial charge is 0.229 e. The number of rotatable bonds is 6. The Morgan fingerprint density at radius 1 is 1.31 bits per heavy atom. The lowest BCUT2D eigenvalue weighted by molar-refractivity contribution is -0.121. The van der Waals surface area contributed by atoms with Crippen molar-refractivity contribution in [1.29, 1.82) is 0 Å². The molecule has 1 aliphatic rings. The number of nitrogens with zero attached hydrogens (tertiary/aromatic N) is 2. The second kappa shape index (κ2) is 9.14. The van der Waals surface area contributed by atoms with Gasteiger partial charge < -0.3 is 15.0 Å². The molecule has 1 N–H and O–H groups in total. The highest BCUT2D eigenvalue weighted by atomic mass is 79.9. The van der Waals surface area contributed by atoms with E-state index in [9.17, 15) is 4.79 Å². The van der Waals surface area contributed by atoms with Crippen molar-refractivity contribution < 1.29 is 9.53 Å². The lowest BCUT2D eigenvalue weighted by Gasteiger charge is -2.31. The second-order valence-electron chi connectivity index (χ2n) is 6.59. The summed E-state index contributed by atoms with van der Waals surface area (Å²) in [5.74, 6) is 1.57. The van der Waals surface area contributed by atoms with E-state index in [0.717, 1.165) is 49.1 Å². The van der Waals surface area contributed by atoms with Crippen molar-refractivity contribution in [2.45, 2.75) is 19.3 Å². The van der Waals surface area contributed by atoms with Crippen molar-refractivity contribution in [3.63, 3.8) is 0 Å². The molecule has 138 valence electrons. The van der Waals surface area contributed by atoms with Gasteiger partial charge in [0, 0.05) is 23.8 Å². The van der Waals surface area contributed by atoms with Crippen molar-refractivity contribution in [2.24, 2.45) is 5.92 Å². The molecule has 26 heavy (non-hydrogen) atoms. The first-order valence-corrected chi connectivity index (χ1v) is 9.71. The van der Waals surface area contributed by atoms with E-state index in [4.69, 9.17) is 4.74 Å². The number of anilines is 1. The number of hydrogen-bond acceptors (Lipinski definition) is 4. The Morgan fingerprint density at radius 2 is 2.12 bits per heavy atom. The standard InChI is InChI=1S/C20H24BrN3O2/c1-26-18-7-4-15(5-8-18)10-12-24-11-2-3-16(14-24)20(25)23-19-9-6-17(21)13-22-19/h4-9,13,16H,2-3,10-12,14H2,1H3,(H,22,23,25). The Bertz CT molecular complexity index is 719. The van der Waals surface area contributed by atoms with Crippen molar-refractivity contribution in [3.05, 3.63) is 52.6 Å². The van der Waals surface area contributed by atoms with Gasteiger partial charge in [-0.2, -0.15) is 0 Å². The molecule has 0 aliphatic carbocycles. The summed E-state index contributed by atoms with van der Waals surface area (Å²) in [6.07, 6.45) is 4.65. The molecule has 1 amide bonds. The highest BCUT2D eigenvalue weighted by Gasteiger charge is 2.25. The Balaban J connectivity index is 1.49. The predicted octanol–water partition coefficient (Wildman–Crippen LogP) is 3.75. The van der Waals surface area contributed by atoms with Crippen molar-refractivity contribution >= 4 is 27.7 Å². The molecule has 1 unspecified atom stereocenters. The van der Waals surface area contributed by atoms with Crippen molar-refractivity contribution in [3.8, 4) is 5.75 Å². The lowest BCUT2D eigenvalue weighted by atomic mass is 9.96. The average Bonchev–Trinajstić information content (AvgIpc) is 2.69. The van der Waals surface area contributed by atoms with Crippen LogP contribution in [0.15, 0.2) is 47.1 Å². The van der Waals surface area contributed by atoms with E-state index in [1.54, 1.807) is 13.3 Å². The first-order valence-electron chi connectivity index (χ1n) is 8.92. The van der Waals surface area contributed by atoms with Gasteiger partial charge in [-0.3, -0.25) is 4.79 Å². The van der Waals surface area contributed by atoms with Crippen LogP contribution in [0.2, 0.25) is 0 Å². The topological polar surface area (TPSA) is 54.5 Å². The number of hydrogen-bond donors (Lipinski definition) is 1. The van der Waals surface area contributed by atoms with E-state index in [1.165, 1.54) is 5.56 Å². The molecule has 0 bridgehead atoms. The molecule has 0 spiro atoms. The van der Waals surface area contributed by atoms with Gasteiger partial charge in [0.2, 0.25) is 5.91 Å². The maximum absolute atomic E-state index is 12.5. The zero-order valence-electron chi connectivity index (χ0n) is 15.0. The number of aromatic nitrogens is 1. The third kappa shape index (κ3) is 5.29. The highest BCUT2D eigenvalue weighted by molar-refractivity contribution is 9.10. The van der Waals surface area contributed by atoms with Crippen LogP contribution in [-0.2, 0) is 11.2 Å². The first-order chi connectivity index (χ1) is 12.6. The van der Waals surface area contributed by atoms with E-state index in [0.29, 0.717) is 5.82 Å². The number of halogens is 1. The summed E-state index contributed by atoms with van der Waals surface area (Å²) in [5, 5.41) is 2.93. The molecule has 1 aromatic heterocycles. The lowest BCUT2D eigenvalue weighted by Crippen LogP contribution is -2.41. The molecule has 5 nitrogen and oxygen atoms in total. The predicted molar refractivity (Wildman–Crippen MR) is 106 cm³/mol. The van der Waals surface area contributed by atoms with E-state index >= 15 is 0 Å². The van der Waals surface area contributed by atoms with Gasteiger partial charge in [-0.15, -0.1) is 0 Å². The van der Waals surface area contributed by atoms with Gasteiger partial charge in [0.15, 0.2) is 0 Å². The Morgan fingerprint density at radius 3 is 2.81 bits per heavy atom. The third-order valence-electron chi connectivity index (χ3n) is 4.73. The Labute approximate surface area is 162 Å². The molecule has 2 aromatic rings. The number of carbonyl (C=O) groups is 1. The van der Waals surface area contributed by atoms with Crippen LogP contribution in [0, 0.1) is 5.92 Å². The van der Waals surface area contributed by atoms with Gasteiger partial charge in [-0.05, 0) is 71.6 Å². The van der Waals surface area contributed by atoms with Gasteiger partial charge in [0.05, 0.1) is 13.0 Å². The molecule has 1 saturated heterocycles. The largest absolute Gasteiger partial charge is 0.497 e. The van der Waals surface area contributed by atoms with Crippen LogP contribution in [0.1, 0.15) is 18.4 Å². The van der Waals surface area contributed by atoms with E-state index in [2.05, 4.69) is 43.3 Å². The van der Waals surface area contributed by atoms with Crippen LogP contribution in [0.3, 0.4) is 0 Å². The van der Waals surface area contributed by atoms with Gasteiger partial charge in [-0.25, -0.2) is 4.98 Å². The monoisotopic (exact) mass is 417 g/mol. The van der Waals surface area contributed by atoms with E-state index in [1.807, 2.05) is 24.3 Å². The molecular weight excluding hydrogens is 394 g/mol. The van der Waals surface area contributed by atoms with Gasteiger partial charge >= 0.3 is 0 Å². The average molecular weight is 418 g/mol. The molecule has 0 saturated carbocycles. The van der Waals surface area contributed by atoms with Crippen molar-refractivity contribution in [1.82, 2.24) is 9.88 Å². The quantitative estimate of drug-likeness (QED) is 0.777. The third-order valence-corrected chi connectivity index (χ3v) is 5.20. The number of pyridine rings is 1. The maximum Gasteiger partial charge on any atom is 0.229 e. The minimum atomic E-state index is 0.0186. The fraction of sp³-hybridized carbons (Fsp3) is 0.400. The zero-order chi connectivity index (χ0) is 18.4. The fourth-order valence-electron chi connectivity index (χ4n) is 3.23. The number of nitrogens with one attached hydrogen (secondary N) is 1. The summed E-state index contributed by atoms with van der Waals surface area (Å²) in [4.78, 5) is 19.1. The highest BCUT2D eigenvalue weighted by Crippen LogP contribution is 2.20. The number of likely N-dealkylation sites (tertiary alicyclic amines) is 1. The molecule has 2 heterocycles. The van der Waals surface area contributed by atoms with Gasteiger partial charge in [-0.1, -0.05) is 12.1 Å². The number of piperidine rings is 1. The maximum atomic E-state index is 12.5. The second-order valence-corrected chi connectivity index (χ2v) is 7.50. The SMILES string of the molecule is COc1ccc(CCN2CCCC(C(=O)Nc3ccc(Br)cn3)C2)cc1. The summed E-state index contributed by atoms with van der Waals surface area (Å²) >= 11 is 3.35. The molecule has 1 atom stereocenters. The molecule has 1 fully saturated rings. The molecule has 1 aromatic carbocycles. The summed E-state index contributed by atoms with van der Waals surface area (Å²) in [6, 6.07) is 11.9. The van der Waals surface area contributed by atoms with Crippen LogP contribution in [0.25, 0.3) is 0 Å². The molecule has 0 radical (unpaired) electrons. The number of carbonyl (C=O) groups excluding carboxylic acids is 1. The molecule has 3 rings (SSSR count). The van der Waals surface area contributed by atoms with Crippen molar-refractivity contribution in [2.75, 3.05) is 32.1 Å². The van der Waals surface area contributed by atoms with Gasteiger partial charge in [0.1, 0.15) is 11.6 Å². The number of ether oxygens (including phenoxy) is 1. The first kappa shape index (κ1) is 18.9. The fourth-order valence-corrected chi connectivity index (χ4v) is 3.46. The van der Waals surface area contributed by atoms with Gasteiger partial charge in [0.25, 0.3) is 0 Å². The molecule has 6 heteroatoms. The molecule has 1 aliphatic heterocycles. The summed E-state index contributed by atoms with van der Waals surface area (Å²) < 4.78 is 6.10. The minimum Gasteiger partial charge on any atom is -0.497 e. The van der Waals surface area contributed by atoms with Crippen LogP contribution >= 0.6 is 15.9 Å². The van der Waals surface area contributed by atoms with Crippen LogP contribution < -0.4 is 10.1 Å². The van der Waals surface area contributed by atoms with Crippen LogP contribution in [0.4, 0.5) is 5.82 Å². The van der Waals surface area contributed by atoms with Crippen LogP contribution in [-0.4, -0.2) is 42.5 Å². The summed E-state index contributed by atoms with van der Waals surface area (Å²) in [7, 11) is 1.68. The zero-order valence-corrected chi connectivity index (χ0v) is 16.5. The summed E-state index contributed by atoms with van der Waals surface area (Å²) in [5.41, 5.74) is 1.29. The number of benzene rings is 1. The normalized spacial score (nSPS) is 17.7. The number of amides is 1. The Hall–Kier alpha value is -1.92. The van der Waals surface area contributed by atoms with Crippen LogP contribution in [0.5, 0.6) is 5.75 Å². The molecular formula is C20H24BrN3O2. The van der Waals surface area contributed by atoms with E-state index < -0.39 is 0 Å². The Kier molecular flexibility index (Phi) is 6.63. The van der Waals surface area contributed by atoms with E-state index in [-0.39, 0.29) is 11.8 Å². The number of methoxy groups -OCH3 is 1. The summed E-state index contributed by atoms with van der Waals surface area (Å²) in [6.45, 7) is 2.82. The minimum absolute atomic E-state index is 0.0186.